The second kappa shape index (κ2) is 7.00. The molecule has 1 aliphatic rings. The Hall–Kier alpha value is -3.15. The van der Waals surface area contributed by atoms with E-state index in [1.807, 2.05) is 60.4 Å². The van der Waals surface area contributed by atoms with E-state index >= 15 is 0 Å². The van der Waals surface area contributed by atoms with Gasteiger partial charge in [-0.25, -0.2) is 0 Å². The molecule has 26 heavy (non-hydrogen) atoms. The molecule has 0 radical (unpaired) electrons. The summed E-state index contributed by atoms with van der Waals surface area (Å²) in [6.45, 7) is 4.85. The van der Waals surface area contributed by atoms with Crippen molar-refractivity contribution in [2.75, 3.05) is 31.1 Å². The highest BCUT2D eigenvalue weighted by atomic mass is 16.2. The minimum absolute atomic E-state index is 0.0441. The molecular formula is C20H21N5O. The Kier molecular flexibility index (Phi) is 4.39. The molecule has 0 N–H and O–H groups in total. The Morgan fingerprint density at radius 2 is 1.38 bits per heavy atom. The van der Waals surface area contributed by atoms with Crippen molar-refractivity contribution in [1.29, 1.82) is 0 Å². The zero-order valence-electron chi connectivity index (χ0n) is 14.7. The number of carbonyl (C=O) groups excluding carboxylic acids is 1. The van der Waals surface area contributed by atoms with E-state index in [2.05, 4.69) is 27.2 Å². The van der Waals surface area contributed by atoms with Gasteiger partial charge < -0.3 is 9.80 Å². The topological polar surface area (TPSA) is 54.3 Å². The monoisotopic (exact) mass is 347 g/mol. The second-order valence-electron chi connectivity index (χ2n) is 6.37. The van der Waals surface area contributed by atoms with Gasteiger partial charge in [0.1, 0.15) is 0 Å². The van der Waals surface area contributed by atoms with Gasteiger partial charge in [0.15, 0.2) is 5.69 Å². The third kappa shape index (κ3) is 3.18. The van der Waals surface area contributed by atoms with Crippen LogP contribution in [0.4, 0.5) is 5.69 Å². The quantitative estimate of drug-likeness (QED) is 0.731. The van der Waals surface area contributed by atoms with E-state index < -0.39 is 0 Å². The van der Waals surface area contributed by atoms with E-state index in [9.17, 15) is 4.79 Å². The molecule has 0 spiro atoms. The summed E-state index contributed by atoms with van der Waals surface area (Å²) in [6.07, 6.45) is 0. The van der Waals surface area contributed by atoms with E-state index in [0.717, 1.165) is 18.8 Å². The number of aryl methyl sites for hydroxylation is 1. The van der Waals surface area contributed by atoms with Gasteiger partial charge in [0.2, 0.25) is 0 Å². The molecule has 2 aromatic carbocycles. The van der Waals surface area contributed by atoms with Gasteiger partial charge in [-0.05, 0) is 31.2 Å². The molecular weight excluding hydrogens is 326 g/mol. The molecule has 0 saturated carbocycles. The number of amides is 1. The lowest BCUT2D eigenvalue weighted by Gasteiger charge is -2.35. The van der Waals surface area contributed by atoms with Gasteiger partial charge in [0, 0.05) is 31.9 Å². The minimum atomic E-state index is -0.0441. The molecule has 1 fully saturated rings. The Bertz CT molecular complexity index is 883. The summed E-state index contributed by atoms with van der Waals surface area (Å²) >= 11 is 0. The molecule has 0 atom stereocenters. The Morgan fingerprint density at radius 3 is 2.00 bits per heavy atom. The van der Waals surface area contributed by atoms with E-state index in [4.69, 9.17) is 0 Å². The molecule has 1 aliphatic heterocycles. The van der Waals surface area contributed by atoms with Gasteiger partial charge in [-0.1, -0.05) is 36.4 Å². The molecule has 4 rings (SSSR count). The maximum atomic E-state index is 12.9. The number of hydrogen-bond donors (Lipinski definition) is 0. The molecule has 3 aromatic rings. The van der Waals surface area contributed by atoms with Crippen LogP contribution >= 0.6 is 0 Å². The van der Waals surface area contributed by atoms with Gasteiger partial charge in [0.25, 0.3) is 5.91 Å². The van der Waals surface area contributed by atoms with Crippen molar-refractivity contribution in [3.05, 3.63) is 72.1 Å². The first kappa shape index (κ1) is 16.3. The highest BCUT2D eigenvalue weighted by molar-refractivity contribution is 5.93. The lowest BCUT2D eigenvalue weighted by Crippen LogP contribution is -2.49. The van der Waals surface area contributed by atoms with Gasteiger partial charge >= 0.3 is 0 Å². The van der Waals surface area contributed by atoms with Crippen molar-refractivity contribution in [2.24, 2.45) is 0 Å². The van der Waals surface area contributed by atoms with Crippen LogP contribution < -0.4 is 4.90 Å². The maximum Gasteiger partial charge on any atom is 0.276 e. The summed E-state index contributed by atoms with van der Waals surface area (Å²) in [5.41, 5.74) is 3.14. The Labute approximate surface area is 152 Å². The van der Waals surface area contributed by atoms with Crippen molar-refractivity contribution in [1.82, 2.24) is 19.9 Å². The van der Waals surface area contributed by atoms with E-state index in [1.165, 1.54) is 10.5 Å². The molecule has 1 amide bonds. The number of nitrogens with zero attached hydrogens (tertiary/aromatic N) is 5. The molecule has 1 saturated heterocycles. The summed E-state index contributed by atoms with van der Waals surface area (Å²) in [7, 11) is 0. The van der Waals surface area contributed by atoms with Crippen LogP contribution in [0.3, 0.4) is 0 Å². The van der Waals surface area contributed by atoms with Crippen LogP contribution in [-0.2, 0) is 0 Å². The summed E-state index contributed by atoms with van der Waals surface area (Å²) in [5, 5.41) is 8.84. The SMILES string of the molecule is Cc1nn(-c2ccccc2)nc1C(=O)N1CCN(c2ccccc2)CC1. The molecule has 6 heteroatoms. The molecule has 0 aliphatic carbocycles. The number of aromatic nitrogens is 3. The lowest BCUT2D eigenvalue weighted by atomic mass is 10.2. The normalized spacial score (nSPS) is 14.5. The predicted molar refractivity (Wildman–Crippen MR) is 101 cm³/mol. The number of piperazine rings is 1. The number of carbonyl (C=O) groups is 1. The first-order valence-electron chi connectivity index (χ1n) is 8.81. The first-order valence-corrected chi connectivity index (χ1v) is 8.81. The van der Waals surface area contributed by atoms with Gasteiger partial charge in [-0.2, -0.15) is 9.90 Å². The van der Waals surface area contributed by atoms with Crippen molar-refractivity contribution < 1.29 is 4.79 Å². The molecule has 0 unspecified atom stereocenters. The summed E-state index contributed by atoms with van der Waals surface area (Å²) in [6, 6.07) is 20.0. The van der Waals surface area contributed by atoms with Gasteiger partial charge in [0.05, 0.1) is 11.4 Å². The highest BCUT2D eigenvalue weighted by Crippen LogP contribution is 2.17. The number of rotatable bonds is 3. The number of anilines is 1. The summed E-state index contributed by atoms with van der Waals surface area (Å²) in [5.74, 6) is -0.0441. The van der Waals surface area contributed by atoms with Crippen LogP contribution in [0.5, 0.6) is 0 Å². The van der Waals surface area contributed by atoms with E-state index in [-0.39, 0.29) is 5.91 Å². The third-order valence-corrected chi connectivity index (χ3v) is 4.66. The minimum Gasteiger partial charge on any atom is -0.368 e. The molecule has 0 bridgehead atoms. The van der Waals surface area contributed by atoms with Crippen molar-refractivity contribution in [3.8, 4) is 5.69 Å². The Morgan fingerprint density at radius 1 is 0.808 bits per heavy atom. The lowest BCUT2D eigenvalue weighted by molar-refractivity contribution is 0.0739. The van der Waals surface area contributed by atoms with Crippen molar-refractivity contribution >= 4 is 11.6 Å². The number of benzene rings is 2. The fourth-order valence-electron chi connectivity index (χ4n) is 3.21. The fourth-order valence-corrected chi connectivity index (χ4v) is 3.21. The zero-order chi connectivity index (χ0) is 17.9. The standard InChI is InChI=1S/C20H21N5O/c1-16-19(22-25(21-16)18-10-6-3-7-11-18)20(26)24-14-12-23(13-15-24)17-8-4-2-5-9-17/h2-11H,12-15H2,1H3. The fraction of sp³-hybridized carbons (Fsp3) is 0.250. The van der Waals surface area contributed by atoms with E-state index in [0.29, 0.717) is 24.5 Å². The molecule has 6 nitrogen and oxygen atoms in total. The van der Waals surface area contributed by atoms with Crippen LogP contribution in [0.25, 0.3) is 5.69 Å². The van der Waals surface area contributed by atoms with Crippen LogP contribution in [0.1, 0.15) is 16.2 Å². The van der Waals surface area contributed by atoms with Crippen molar-refractivity contribution in [3.63, 3.8) is 0 Å². The molecule has 1 aromatic heterocycles. The zero-order valence-corrected chi connectivity index (χ0v) is 14.7. The predicted octanol–water partition coefficient (Wildman–Crippen LogP) is 2.54. The molecule has 132 valence electrons. The summed E-state index contributed by atoms with van der Waals surface area (Å²) in [4.78, 5) is 18.6. The average molecular weight is 347 g/mol. The number of para-hydroxylation sites is 2. The van der Waals surface area contributed by atoms with Crippen molar-refractivity contribution in [2.45, 2.75) is 6.92 Å². The van der Waals surface area contributed by atoms with Crippen LogP contribution in [0, 0.1) is 6.92 Å². The maximum absolute atomic E-state index is 12.9. The smallest absolute Gasteiger partial charge is 0.276 e. The van der Waals surface area contributed by atoms with Gasteiger partial charge in [-0.3, -0.25) is 4.79 Å². The first-order chi connectivity index (χ1) is 12.7. The largest absolute Gasteiger partial charge is 0.368 e. The van der Waals surface area contributed by atoms with Crippen LogP contribution in [-0.4, -0.2) is 52.0 Å². The third-order valence-electron chi connectivity index (χ3n) is 4.66. The highest BCUT2D eigenvalue weighted by Gasteiger charge is 2.26. The van der Waals surface area contributed by atoms with Gasteiger partial charge in [-0.15, -0.1) is 5.10 Å². The van der Waals surface area contributed by atoms with E-state index in [1.54, 1.807) is 0 Å². The van der Waals surface area contributed by atoms with Crippen LogP contribution in [0.2, 0.25) is 0 Å². The Balaban J connectivity index is 1.47. The number of hydrogen-bond acceptors (Lipinski definition) is 4. The molecule has 2 heterocycles. The van der Waals surface area contributed by atoms with Crippen LogP contribution in [0.15, 0.2) is 60.7 Å². The second-order valence-corrected chi connectivity index (χ2v) is 6.37. The average Bonchev–Trinajstić information content (AvgIpc) is 3.10. The summed E-state index contributed by atoms with van der Waals surface area (Å²) < 4.78 is 0.